The van der Waals surface area contributed by atoms with Gasteiger partial charge in [-0.25, -0.2) is 8.78 Å². The van der Waals surface area contributed by atoms with E-state index in [0.717, 1.165) is 21.4 Å². The highest BCUT2D eigenvalue weighted by Gasteiger charge is 2.44. The van der Waals surface area contributed by atoms with Crippen molar-refractivity contribution in [2.45, 2.75) is 29.5 Å². The highest BCUT2D eigenvalue weighted by molar-refractivity contribution is 7.98. The summed E-state index contributed by atoms with van der Waals surface area (Å²) in [6.07, 6.45) is 1.44. The molecule has 2 aliphatic rings. The lowest BCUT2D eigenvalue weighted by molar-refractivity contribution is -0.133. The van der Waals surface area contributed by atoms with Gasteiger partial charge in [-0.3, -0.25) is 19.3 Å². The third kappa shape index (κ3) is 3.01. The van der Waals surface area contributed by atoms with Gasteiger partial charge in [0.2, 0.25) is 0 Å². The van der Waals surface area contributed by atoms with Crippen molar-refractivity contribution in [1.29, 1.82) is 0 Å². The van der Waals surface area contributed by atoms with Crippen LogP contribution in [0.15, 0.2) is 64.4 Å². The number of carbonyl (C=O) groups excluding carboxylic acids is 2. The number of hydrogen-bond acceptors (Lipinski definition) is 4. The molecule has 0 bridgehead atoms. The number of rotatable bonds is 2. The molecule has 0 N–H and O–H groups in total. The number of pyridine rings is 1. The first-order chi connectivity index (χ1) is 15.4. The van der Waals surface area contributed by atoms with Crippen molar-refractivity contribution in [3.05, 3.63) is 99.0 Å². The Bertz CT molecular complexity index is 1340. The van der Waals surface area contributed by atoms with Gasteiger partial charge in [-0.2, -0.15) is 0 Å². The van der Waals surface area contributed by atoms with Crippen LogP contribution >= 0.6 is 11.8 Å². The predicted molar refractivity (Wildman–Crippen MR) is 116 cm³/mol. The van der Waals surface area contributed by atoms with Crippen LogP contribution in [0.4, 0.5) is 8.78 Å². The van der Waals surface area contributed by atoms with Crippen molar-refractivity contribution in [3.63, 3.8) is 0 Å². The van der Waals surface area contributed by atoms with E-state index >= 15 is 0 Å². The first-order valence-corrected chi connectivity index (χ1v) is 11.2. The van der Waals surface area contributed by atoms with E-state index in [1.807, 2.05) is 24.3 Å². The second-order valence-corrected chi connectivity index (χ2v) is 8.74. The summed E-state index contributed by atoms with van der Waals surface area (Å²) in [7, 11) is 0. The number of halogens is 2. The normalized spacial score (nSPS) is 19.8. The van der Waals surface area contributed by atoms with Gasteiger partial charge in [0.25, 0.3) is 11.8 Å². The molecule has 32 heavy (non-hydrogen) atoms. The van der Waals surface area contributed by atoms with Gasteiger partial charge in [0, 0.05) is 47.0 Å². The minimum atomic E-state index is -0.946. The van der Waals surface area contributed by atoms with Crippen LogP contribution in [-0.2, 0) is 10.5 Å². The zero-order chi connectivity index (χ0) is 22.6. The fraction of sp³-hybridized carbons (Fsp3) is 0.208. The molecular weight excluding hydrogens is 434 g/mol. The summed E-state index contributed by atoms with van der Waals surface area (Å²) in [5, 5.41) is 0. The topological polar surface area (TPSA) is 59.4 Å². The zero-order valence-corrected chi connectivity index (χ0v) is 17.9. The Kier molecular flexibility index (Phi) is 4.97. The zero-order valence-electron chi connectivity index (χ0n) is 17.0. The molecule has 2 aliphatic heterocycles. The summed E-state index contributed by atoms with van der Waals surface area (Å²) in [5.41, 5.74) is 1.23. The first kappa shape index (κ1) is 20.6. The molecule has 0 spiro atoms. The minimum Gasteiger partial charge on any atom is -0.330 e. The van der Waals surface area contributed by atoms with Crippen LogP contribution in [0, 0.1) is 11.6 Å². The van der Waals surface area contributed by atoms with Gasteiger partial charge in [-0.15, -0.1) is 11.8 Å². The van der Waals surface area contributed by atoms with Crippen molar-refractivity contribution in [1.82, 2.24) is 9.47 Å². The second kappa shape index (κ2) is 7.70. The number of aromatic nitrogens is 1. The summed E-state index contributed by atoms with van der Waals surface area (Å²) in [5.74, 6) is -3.34. The van der Waals surface area contributed by atoms with Crippen LogP contribution in [0.25, 0.3) is 0 Å². The van der Waals surface area contributed by atoms with Crippen molar-refractivity contribution >= 4 is 23.6 Å². The molecular formula is C24H18F2N2O3S. The van der Waals surface area contributed by atoms with Crippen LogP contribution in [0.5, 0.6) is 0 Å². The van der Waals surface area contributed by atoms with Crippen LogP contribution in [-0.4, -0.2) is 27.8 Å². The molecule has 3 heterocycles. The Hall–Kier alpha value is -3.26. The van der Waals surface area contributed by atoms with Crippen molar-refractivity contribution in [2.24, 2.45) is 0 Å². The van der Waals surface area contributed by atoms with E-state index in [4.69, 9.17) is 0 Å². The smallest absolute Gasteiger partial charge is 0.277 e. The standard InChI is InChI=1S/C24H18F2N2O3S/c1-2-27-23(30)18-11-13(29)9-10-28(18)22(24(27)31)20-14-7-8-17(25)21(26)16(14)12-32-19-6-4-3-5-15(19)20/h3-11,20,22H,2,12H2,1H3. The second-order valence-electron chi connectivity index (χ2n) is 7.72. The van der Waals surface area contributed by atoms with Crippen LogP contribution in [0.2, 0.25) is 0 Å². The SMILES string of the molecule is CCN1C(=O)c2cc(=O)ccn2C(C2c3ccccc3SCc3c2ccc(F)c3F)C1=O. The molecule has 1 aromatic heterocycles. The third-order valence-electron chi connectivity index (χ3n) is 6.06. The van der Waals surface area contributed by atoms with Gasteiger partial charge in [0.15, 0.2) is 17.1 Å². The number of thioether (sulfide) groups is 1. The average molecular weight is 452 g/mol. The molecule has 162 valence electrons. The molecule has 0 saturated carbocycles. The summed E-state index contributed by atoms with van der Waals surface area (Å²) in [6.45, 7) is 1.81. The van der Waals surface area contributed by atoms with E-state index in [1.54, 1.807) is 6.92 Å². The molecule has 2 atom stereocenters. The largest absolute Gasteiger partial charge is 0.330 e. The van der Waals surface area contributed by atoms with Crippen LogP contribution < -0.4 is 5.43 Å². The molecule has 8 heteroatoms. The highest BCUT2D eigenvalue weighted by atomic mass is 32.2. The molecule has 2 unspecified atom stereocenters. The summed E-state index contributed by atoms with van der Waals surface area (Å²) in [6, 6.07) is 11.6. The predicted octanol–water partition coefficient (Wildman–Crippen LogP) is 4.11. The average Bonchev–Trinajstić information content (AvgIpc) is 2.95. The lowest BCUT2D eigenvalue weighted by Crippen LogP contribution is -2.50. The first-order valence-electron chi connectivity index (χ1n) is 10.2. The van der Waals surface area contributed by atoms with E-state index in [-0.39, 0.29) is 29.0 Å². The number of fused-ring (bicyclic) bond motifs is 3. The fourth-order valence-electron chi connectivity index (χ4n) is 4.60. The molecule has 0 radical (unpaired) electrons. The molecule has 5 nitrogen and oxygen atoms in total. The quantitative estimate of drug-likeness (QED) is 0.549. The van der Waals surface area contributed by atoms with E-state index < -0.39 is 35.4 Å². The van der Waals surface area contributed by atoms with Gasteiger partial charge in [-0.05, 0) is 30.2 Å². The number of carbonyl (C=O) groups is 2. The van der Waals surface area contributed by atoms with E-state index in [0.29, 0.717) is 5.56 Å². The molecule has 2 aromatic carbocycles. The lowest BCUT2D eigenvalue weighted by atomic mass is 9.81. The van der Waals surface area contributed by atoms with Crippen LogP contribution in [0.1, 0.15) is 46.1 Å². The van der Waals surface area contributed by atoms with Gasteiger partial charge in [-0.1, -0.05) is 24.3 Å². The number of likely N-dealkylation sites (N-methyl/N-ethyl adjacent to an activating group) is 1. The van der Waals surface area contributed by atoms with E-state index in [1.165, 1.54) is 40.7 Å². The van der Waals surface area contributed by atoms with Gasteiger partial charge in [0.1, 0.15) is 11.7 Å². The van der Waals surface area contributed by atoms with Crippen molar-refractivity contribution < 1.29 is 18.4 Å². The molecule has 0 aliphatic carbocycles. The van der Waals surface area contributed by atoms with E-state index in [2.05, 4.69) is 0 Å². The van der Waals surface area contributed by atoms with Gasteiger partial charge < -0.3 is 4.57 Å². The van der Waals surface area contributed by atoms with E-state index in [9.17, 15) is 23.2 Å². The Morgan fingerprint density at radius 3 is 2.59 bits per heavy atom. The van der Waals surface area contributed by atoms with Gasteiger partial charge in [0.05, 0.1) is 0 Å². The maximum Gasteiger partial charge on any atom is 0.277 e. The Morgan fingerprint density at radius 2 is 1.81 bits per heavy atom. The maximum absolute atomic E-state index is 14.9. The number of nitrogens with zero attached hydrogens (tertiary/aromatic N) is 2. The third-order valence-corrected chi connectivity index (χ3v) is 7.18. The number of benzene rings is 2. The lowest BCUT2D eigenvalue weighted by Gasteiger charge is -2.38. The highest BCUT2D eigenvalue weighted by Crippen LogP contribution is 2.48. The van der Waals surface area contributed by atoms with Crippen LogP contribution in [0.3, 0.4) is 0 Å². The molecule has 0 saturated heterocycles. The van der Waals surface area contributed by atoms with Crippen molar-refractivity contribution in [3.8, 4) is 0 Å². The summed E-state index contributed by atoms with van der Waals surface area (Å²) >= 11 is 1.38. The van der Waals surface area contributed by atoms with Gasteiger partial charge >= 0.3 is 0 Å². The molecule has 5 rings (SSSR count). The number of imide groups is 1. The monoisotopic (exact) mass is 452 g/mol. The maximum atomic E-state index is 14.9. The molecule has 0 fully saturated rings. The Morgan fingerprint density at radius 1 is 1.03 bits per heavy atom. The number of amides is 2. The molecule has 3 aromatic rings. The summed E-state index contributed by atoms with van der Waals surface area (Å²) in [4.78, 5) is 40.5. The fourth-order valence-corrected chi connectivity index (χ4v) is 5.73. The van der Waals surface area contributed by atoms with Crippen molar-refractivity contribution in [2.75, 3.05) is 6.54 Å². The molecule has 2 amide bonds. The number of hydrogen-bond donors (Lipinski definition) is 0. The Balaban J connectivity index is 1.83. The minimum absolute atomic E-state index is 0.0995. The summed E-state index contributed by atoms with van der Waals surface area (Å²) < 4.78 is 30.5. The Labute approximate surface area is 186 Å².